The first kappa shape index (κ1) is 18.5. The minimum absolute atomic E-state index is 0.0738. The number of aryl methyl sites for hydroxylation is 2. The number of ketones is 1. The number of thioether (sulfide) groups is 1. The Morgan fingerprint density at radius 2 is 2.04 bits per heavy atom. The van der Waals surface area contributed by atoms with Gasteiger partial charge in [0.1, 0.15) is 10.7 Å². The Morgan fingerprint density at radius 3 is 2.73 bits per heavy atom. The number of aromatic nitrogens is 4. The number of H-pyrrole nitrogens is 2. The molecule has 0 bridgehead atoms. The molecule has 0 radical (unpaired) electrons. The number of Topliss-reactive ketones (excluding diaryl/α,β-unsaturated/α-hetero) is 1. The topological polar surface area (TPSA) is 109 Å². The minimum atomic E-state index is -0.256. The van der Waals surface area contributed by atoms with Gasteiger partial charge >= 0.3 is 0 Å². The van der Waals surface area contributed by atoms with E-state index >= 15 is 0 Å². The fourth-order valence-corrected chi connectivity index (χ4v) is 4.53. The fraction of sp³-hybridized carbons (Fsp3) is 0.353. The van der Waals surface area contributed by atoms with Crippen LogP contribution in [0.4, 0.5) is 0 Å². The van der Waals surface area contributed by atoms with Gasteiger partial charge in [-0.3, -0.25) is 14.4 Å². The van der Waals surface area contributed by atoms with Crippen LogP contribution in [-0.4, -0.2) is 25.7 Å². The summed E-state index contributed by atoms with van der Waals surface area (Å²) in [6, 6.07) is 1.50. The van der Waals surface area contributed by atoms with Gasteiger partial charge < -0.3 is 9.97 Å². The van der Waals surface area contributed by atoms with Gasteiger partial charge in [0.15, 0.2) is 10.9 Å². The lowest BCUT2D eigenvalue weighted by molar-refractivity contribution is 0.102. The van der Waals surface area contributed by atoms with Crippen LogP contribution in [0.3, 0.4) is 0 Å². The largest absolute Gasteiger partial charge is 0.309 e. The molecule has 0 unspecified atom stereocenters. The first-order valence-corrected chi connectivity index (χ1v) is 9.95. The summed E-state index contributed by atoms with van der Waals surface area (Å²) >= 11 is 2.53. The zero-order valence-corrected chi connectivity index (χ0v) is 16.3. The highest BCUT2D eigenvalue weighted by Crippen LogP contribution is 2.28. The van der Waals surface area contributed by atoms with Crippen LogP contribution in [-0.2, 0) is 12.2 Å². The van der Waals surface area contributed by atoms with E-state index in [1.165, 1.54) is 36.1 Å². The Hall–Kier alpha value is -2.26. The molecule has 2 N–H and O–H groups in total. The van der Waals surface area contributed by atoms with Crippen LogP contribution in [0.5, 0.6) is 0 Å². The van der Waals surface area contributed by atoms with Crippen LogP contribution in [0.1, 0.15) is 47.0 Å². The quantitative estimate of drug-likeness (QED) is 0.381. The highest BCUT2D eigenvalue weighted by atomic mass is 32.2. The van der Waals surface area contributed by atoms with E-state index in [4.69, 9.17) is 0 Å². The molecule has 9 heteroatoms. The average molecular weight is 390 g/mol. The molecule has 0 saturated carbocycles. The Kier molecular flexibility index (Phi) is 5.38. The van der Waals surface area contributed by atoms with E-state index < -0.39 is 0 Å². The zero-order valence-electron chi connectivity index (χ0n) is 14.6. The lowest BCUT2D eigenvalue weighted by Crippen LogP contribution is -2.12. The van der Waals surface area contributed by atoms with Gasteiger partial charge in [0.05, 0.1) is 16.0 Å². The van der Waals surface area contributed by atoms with Crippen molar-refractivity contribution in [1.82, 2.24) is 19.9 Å². The minimum Gasteiger partial charge on any atom is -0.309 e. The molecule has 0 aliphatic carbocycles. The second-order valence-electron chi connectivity index (χ2n) is 5.89. The molecule has 0 atom stereocenters. The summed E-state index contributed by atoms with van der Waals surface area (Å²) in [6.07, 6.45) is 1.64. The molecule has 7 nitrogen and oxygen atoms in total. The van der Waals surface area contributed by atoms with Crippen molar-refractivity contribution < 1.29 is 4.79 Å². The molecule has 0 aromatic carbocycles. The van der Waals surface area contributed by atoms with Crippen LogP contribution >= 0.6 is 23.1 Å². The van der Waals surface area contributed by atoms with Gasteiger partial charge in [-0.1, -0.05) is 25.1 Å². The van der Waals surface area contributed by atoms with Gasteiger partial charge in [0, 0.05) is 11.8 Å². The first-order chi connectivity index (χ1) is 12.4. The lowest BCUT2D eigenvalue weighted by atomic mass is 10.2. The van der Waals surface area contributed by atoms with Gasteiger partial charge in [-0.15, -0.1) is 11.3 Å². The number of aromatic amines is 2. The van der Waals surface area contributed by atoms with E-state index in [1.807, 2.05) is 6.92 Å². The first-order valence-electron chi connectivity index (χ1n) is 8.15. The summed E-state index contributed by atoms with van der Waals surface area (Å²) in [5.74, 6) is 0.763. The smallest absolute Gasteiger partial charge is 0.259 e. The van der Waals surface area contributed by atoms with Gasteiger partial charge in [-0.25, -0.2) is 9.97 Å². The third kappa shape index (κ3) is 3.78. The third-order valence-corrected chi connectivity index (χ3v) is 5.97. The summed E-state index contributed by atoms with van der Waals surface area (Å²) in [6.45, 7) is 5.26. The van der Waals surface area contributed by atoms with E-state index in [-0.39, 0.29) is 16.9 Å². The van der Waals surface area contributed by atoms with Gasteiger partial charge in [0.25, 0.3) is 11.1 Å². The molecular weight excluding hydrogens is 372 g/mol. The lowest BCUT2D eigenvalue weighted by Gasteiger charge is -2.03. The Balaban J connectivity index is 1.89. The maximum absolute atomic E-state index is 12.4. The molecule has 0 spiro atoms. The number of hydrogen-bond acceptors (Lipinski definition) is 7. The standard InChI is InChI=1S/C17H18N4O3S2/c1-4-5-10-6-12(23)21-17(18-10)25-7-11-19-15(24)13-8(2)14(9(3)22)26-16(13)20-11/h6H,4-5,7H2,1-3H3,(H,18,21,23)(H,19,20,24). The van der Waals surface area contributed by atoms with Crippen molar-refractivity contribution in [3.8, 4) is 0 Å². The van der Waals surface area contributed by atoms with Crippen LogP contribution in [0.15, 0.2) is 20.8 Å². The van der Waals surface area contributed by atoms with Crippen LogP contribution in [0.25, 0.3) is 10.2 Å². The average Bonchev–Trinajstić information content (AvgIpc) is 2.90. The molecule has 0 aliphatic rings. The summed E-state index contributed by atoms with van der Waals surface area (Å²) in [5, 5.41) is 0.959. The summed E-state index contributed by atoms with van der Waals surface area (Å²) < 4.78 is 0. The van der Waals surface area contributed by atoms with Crippen LogP contribution in [0, 0.1) is 6.92 Å². The van der Waals surface area contributed by atoms with E-state index in [9.17, 15) is 14.4 Å². The van der Waals surface area contributed by atoms with Gasteiger partial charge in [-0.05, 0) is 25.8 Å². The van der Waals surface area contributed by atoms with Crippen LogP contribution in [0.2, 0.25) is 0 Å². The van der Waals surface area contributed by atoms with Crippen molar-refractivity contribution in [3.05, 3.63) is 48.7 Å². The molecule has 136 valence electrons. The Bertz CT molecular complexity index is 1100. The Labute approximate surface area is 157 Å². The van der Waals surface area contributed by atoms with E-state index in [0.717, 1.165) is 18.5 Å². The monoisotopic (exact) mass is 390 g/mol. The van der Waals surface area contributed by atoms with E-state index in [2.05, 4.69) is 19.9 Å². The van der Waals surface area contributed by atoms with Gasteiger partial charge in [0.2, 0.25) is 0 Å². The van der Waals surface area contributed by atoms with Crippen molar-refractivity contribution in [3.63, 3.8) is 0 Å². The normalized spacial score (nSPS) is 11.2. The molecule has 26 heavy (non-hydrogen) atoms. The number of fused-ring (bicyclic) bond motifs is 1. The van der Waals surface area contributed by atoms with E-state index in [0.29, 0.717) is 37.4 Å². The van der Waals surface area contributed by atoms with Gasteiger partial charge in [-0.2, -0.15) is 0 Å². The molecular formula is C17H18N4O3S2. The summed E-state index contributed by atoms with van der Waals surface area (Å²) in [7, 11) is 0. The zero-order chi connectivity index (χ0) is 18.8. The van der Waals surface area contributed by atoms with Crippen molar-refractivity contribution in [1.29, 1.82) is 0 Å². The van der Waals surface area contributed by atoms with E-state index in [1.54, 1.807) is 6.92 Å². The molecule has 0 fully saturated rings. The number of rotatable bonds is 6. The predicted molar refractivity (Wildman–Crippen MR) is 103 cm³/mol. The highest BCUT2D eigenvalue weighted by Gasteiger charge is 2.17. The second kappa shape index (κ2) is 7.55. The molecule has 3 heterocycles. The molecule has 3 aromatic rings. The number of nitrogens with one attached hydrogen (secondary N) is 2. The maximum Gasteiger partial charge on any atom is 0.259 e. The SMILES string of the molecule is CCCc1cc(=O)[nH]c(SCc2nc3sc(C(C)=O)c(C)c3c(=O)[nH]2)n1. The third-order valence-electron chi connectivity index (χ3n) is 3.79. The number of hydrogen-bond donors (Lipinski definition) is 2. The summed E-state index contributed by atoms with van der Waals surface area (Å²) in [5.41, 5.74) is 0.968. The molecule has 3 aromatic heterocycles. The maximum atomic E-state index is 12.4. The predicted octanol–water partition coefficient (Wildman–Crippen LogP) is 2.82. The highest BCUT2D eigenvalue weighted by molar-refractivity contribution is 7.98. The van der Waals surface area contributed by atoms with Crippen LogP contribution < -0.4 is 11.1 Å². The number of thiophene rings is 1. The second-order valence-corrected chi connectivity index (χ2v) is 7.85. The molecule has 0 amide bonds. The number of carbonyl (C=O) groups excluding carboxylic acids is 1. The number of carbonyl (C=O) groups is 1. The summed E-state index contributed by atoms with van der Waals surface area (Å²) in [4.78, 5) is 51.2. The van der Waals surface area contributed by atoms with Crippen molar-refractivity contribution in [2.45, 2.75) is 44.5 Å². The fourth-order valence-electron chi connectivity index (χ4n) is 2.67. The van der Waals surface area contributed by atoms with Crippen molar-refractivity contribution >= 4 is 39.1 Å². The van der Waals surface area contributed by atoms with Crippen molar-refractivity contribution in [2.75, 3.05) is 0 Å². The number of nitrogens with zero attached hydrogens (tertiary/aromatic N) is 2. The van der Waals surface area contributed by atoms with Crippen molar-refractivity contribution in [2.24, 2.45) is 0 Å². The Morgan fingerprint density at radius 1 is 1.27 bits per heavy atom. The molecule has 0 aliphatic heterocycles. The molecule has 0 saturated heterocycles. The molecule has 3 rings (SSSR count).